The average Bonchev–Trinajstić information content (AvgIpc) is 2.34. The molecule has 0 spiro atoms. The van der Waals surface area contributed by atoms with E-state index >= 15 is 0 Å². The van der Waals surface area contributed by atoms with Crippen molar-refractivity contribution in [3.63, 3.8) is 0 Å². The predicted octanol–water partition coefficient (Wildman–Crippen LogP) is 4.59. The molecule has 0 radical (unpaired) electrons. The van der Waals surface area contributed by atoms with E-state index in [0.717, 1.165) is 19.0 Å². The van der Waals surface area contributed by atoms with Crippen molar-refractivity contribution in [2.75, 3.05) is 13.1 Å². The van der Waals surface area contributed by atoms with E-state index in [2.05, 4.69) is 64.2 Å². The Morgan fingerprint density at radius 3 is 2.26 bits per heavy atom. The van der Waals surface area contributed by atoms with Gasteiger partial charge in [-0.05, 0) is 56.2 Å². The monoisotopic (exact) mass is 261 g/mol. The Morgan fingerprint density at radius 2 is 1.68 bits per heavy atom. The van der Waals surface area contributed by atoms with Crippen LogP contribution in [-0.4, -0.2) is 13.1 Å². The second-order valence-corrected chi connectivity index (χ2v) is 7.00. The number of benzene rings is 1. The smallest absolute Gasteiger partial charge is 0.00258 e. The van der Waals surface area contributed by atoms with Gasteiger partial charge in [0.25, 0.3) is 0 Å². The molecule has 1 aromatic carbocycles. The van der Waals surface area contributed by atoms with Gasteiger partial charge in [0.2, 0.25) is 0 Å². The summed E-state index contributed by atoms with van der Waals surface area (Å²) in [5, 5.41) is 3.55. The fraction of sp³-hybridized carbons (Fsp3) is 0.667. The second-order valence-electron chi connectivity index (χ2n) is 7.00. The molecular weight excluding hydrogens is 230 g/mol. The fourth-order valence-electron chi connectivity index (χ4n) is 2.18. The Hall–Kier alpha value is -0.820. The first-order valence-electron chi connectivity index (χ1n) is 7.65. The third-order valence-corrected chi connectivity index (χ3v) is 3.74. The van der Waals surface area contributed by atoms with Crippen molar-refractivity contribution in [2.45, 2.75) is 53.9 Å². The van der Waals surface area contributed by atoms with Crippen LogP contribution in [0.15, 0.2) is 24.3 Å². The summed E-state index contributed by atoms with van der Waals surface area (Å²) < 4.78 is 0. The van der Waals surface area contributed by atoms with E-state index in [1.54, 1.807) is 0 Å². The minimum absolute atomic E-state index is 0.425. The van der Waals surface area contributed by atoms with Crippen molar-refractivity contribution in [3.8, 4) is 0 Å². The van der Waals surface area contributed by atoms with Gasteiger partial charge < -0.3 is 5.32 Å². The Kier molecular flexibility index (Phi) is 6.57. The molecule has 0 amide bonds. The third-order valence-electron chi connectivity index (χ3n) is 3.74. The van der Waals surface area contributed by atoms with Gasteiger partial charge in [0, 0.05) is 0 Å². The Bertz CT molecular complexity index is 348. The van der Waals surface area contributed by atoms with Crippen LogP contribution in [0.25, 0.3) is 0 Å². The number of aryl methyl sites for hydroxylation is 2. The molecule has 0 aliphatic rings. The van der Waals surface area contributed by atoms with Gasteiger partial charge in [0.1, 0.15) is 0 Å². The highest BCUT2D eigenvalue weighted by atomic mass is 14.8. The van der Waals surface area contributed by atoms with E-state index in [9.17, 15) is 0 Å². The molecule has 0 atom stereocenters. The molecule has 1 heteroatoms. The Balaban J connectivity index is 2.27. The summed E-state index contributed by atoms with van der Waals surface area (Å²) in [5.74, 6) is 0.746. The van der Waals surface area contributed by atoms with Crippen LogP contribution in [0.2, 0.25) is 0 Å². The van der Waals surface area contributed by atoms with Crippen molar-refractivity contribution < 1.29 is 0 Å². The average molecular weight is 261 g/mol. The van der Waals surface area contributed by atoms with Crippen LogP contribution in [0.1, 0.15) is 51.7 Å². The van der Waals surface area contributed by atoms with Crippen molar-refractivity contribution in [2.24, 2.45) is 11.3 Å². The van der Waals surface area contributed by atoms with E-state index in [1.165, 1.54) is 30.4 Å². The van der Waals surface area contributed by atoms with Crippen LogP contribution in [0, 0.1) is 18.3 Å². The molecule has 0 aromatic heterocycles. The lowest BCUT2D eigenvalue weighted by molar-refractivity contribution is 0.300. The molecular formula is C18H31N. The quantitative estimate of drug-likeness (QED) is 0.675. The lowest BCUT2D eigenvalue weighted by Crippen LogP contribution is -2.25. The maximum absolute atomic E-state index is 3.55. The predicted molar refractivity (Wildman–Crippen MR) is 85.6 cm³/mol. The standard InChI is InChI=1S/C18H31N/c1-15(2)14-19-13-12-18(4,5)11-10-17-8-6-16(3)7-9-17/h6-9,15,19H,10-14H2,1-5H3. The van der Waals surface area contributed by atoms with Crippen LogP contribution in [0.3, 0.4) is 0 Å². The van der Waals surface area contributed by atoms with Gasteiger partial charge in [-0.1, -0.05) is 57.5 Å². The molecule has 0 aliphatic carbocycles. The Morgan fingerprint density at radius 1 is 1.05 bits per heavy atom. The number of hydrogen-bond donors (Lipinski definition) is 1. The second kappa shape index (κ2) is 7.69. The first-order valence-corrected chi connectivity index (χ1v) is 7.65. The van der Waals surface area contributed by atoms with Crippen molar-refractivity contribution in [3.05, 3.63) is 35.4 Å². The molecule has 0 saturated heterocycles. The zero-order valence-electron chi connectivity index (χ0n) is 13.4. The number of nitrogens with one attached hydrogen (secondary N) is 1. The summed E-state index contributed by atoms with van der Waals surface area (Å²) in [6.07, 6.45) is 3.71. The molecule has 108 valence electrons. The van der Waals surface area contributed by atoms with E-state index < -0.39 is 0 Å². The maximum atomic E-state index is 3.55. The normalized spacial score (nSPS) is 12.1. The molecule has 19 heavy (non-hydrogen) atoms. The first kappa shape index (κ1) is 16.2. The maximum Gasteiger partial charge on any atom is -0.00258 e. The summed E-state index contributed by atoms with van der Waals surface area (Å²) >= 11 is 0. The molecule has 0 saturated carbocycles. The molecule has 0 heterocycles. The van der Waals surface area contributed by atoms with Gasteiger partial charge in [-0.15, -0.1) is 0 Å². The molecule has 0 bridgehead atoms. The fourth-order valence-corrected chi connectivity index (χ4v) is 2.18. The van der Waals surface area contributed by atoms with E-state index in [0.29, 0.717) is 5.41 Å². The van der Waals surface area contributed by atoms with Crippen molar-refractivity contribution >= 4 is 0 Å². The minimum Gasteiger partial charge on any atom is -0.316 e. The molecule has 0 aliphatic heterocycles. The van der Waals surface area contributed by atoms with Crippen molar-refractivity contribution in [1.82, 2.24) is 5.32 Å². The molecule has 1 N–H and O–H groups in total. The molecule has 0 unspecified atom stereocenters. The first-order chi connectivity index (χ1) is 8.89. The van der Waals surface area contributed by atoms with Crippen LogP contribution >= 0.6 is 0 Å². The van der Waals surface area contributed by atoms with Gasteiger partial charge in [0.15, 0.2) is 0 Å². The highest BCUT2D eigenvalue weighted by Gasteiger charge is 2.17. The van der Waals surface area contributed by atoms with Crippen LogP contribution in [0.5, 0.6) is 0 Å². The summed E-state index contributed by atoms with van der Waals surface area (Å²) in [4.78, 5) is 0. The molecule has 1 rings (SSSR count). The molecule has 1 aromatic rings. The minimum atomic E-state index is 0.425. The largest absolute Gasteiger partial charge is 0.316 e. The van der Waals surface area contributed by atoms with Crippen LogP contribution in [-0.2, 0) is 6.42 Å². The van der Waals surface area contributed by atoms with Crippen LogP contribution in [0.4, 0.5) is 0 Å². The van der Waals surface area contributed by atoms with Crippen molar-refractivity contribution in [1.29, 1.82) is 0 Å². The highest BCUT2D eigenvalue weighted by Crippen LogP contribution is 2.26. The number of hydrogen-bond acceptors (Lipinski definition) is 1. The molecule has 0 fully saturated rings. The van der Waals surface area contributed by atoms with E-state index in [-0.39, 0.29) is 0 Å². The van der Waals surface area contributed by atoms with Crippen LogP contribution < -0.4 is 5.32 Å². The number of rotatable bonds is 8. The topological polar surface area (TPSA) is 12.0 Å². The lowest BCUT2D eigenvalue weighted by atomic mass is 9.83. The summed E-state index contributed by atoms with van der Waals surface area (Å²) in [7, 11) is 0. The summed E-state index contributed by atoms with van der Waals surface area (Å²) in [5.41, 5.74) is 3.24. The zero-order valence-corrected chi connectivity index (χ0v) is 13.4. The third kappa shape index (κ3) is 7.37. The summed E-state index contributed by atoms with van der Waals surface area (Å²) in [6, 6.07) is 8.96. The van der Waals surface area contributed by atoms with Gasteiger partial charge in [0.05, 0.1) is 0 Å². The molecule has 1 nitrogen and oxygen atoms in total. The lowest BCUT2D eigenvalue weighted by Gasteiger charge is -2.25. The highest BCUT2D eigenvalue weighted by molar-refractivity contribution is 5.21. The van der Waals surface area contributed by atoms with E-state index in [4.69, 9.17) is 0 Å². The SMILES string of the molecule is Cc1ccc(CCC(C)(C)CCNCC(C)C)cc1. The Labute approximate surface area is 119 Å². The van der Waals surface area contributed by atoms with Gasteiger partial charge in [-0.3, -0.25) is 0 Å². The van der Waals surface area contributed by atoms with Gasteiger partial charge in [-0.2, -0.15) is 0 Å². The summed E-state index contributed by atoms with van der Waals surface area (Å²) in [6.45, 7) is 13.7. The van der Waals surface area contributed by atoms with Gasteiger partial charge >= 0.3 is 0 Å². The van der Waals surface area contributed by atoms with E-state index in [1.807, 2.05) is 0 Å². The van der Waals surface area contributed by atoms with Gasteiger partial charge in [-0.25, -0.2) is 0 Å². The zero-order chi connectivity index (χ0) is 14.3.